The van der Waals surface area contributed by atoms with Crippen molar-refractivity contribution in [2.45, 2.75) is 11.8 Å². The molecule has 2 aromatic rings. The van der Waals surface area contributed by atoms with E-state index in [9.17, 15) is 9.59 Å². The van der Waals surface area contributed by atoms with Crippen LogP contribution in [0.15, 0.2) is 53.4 Å². The molecule has 0 aromatic heterocycles. The van der Waals surface area contributed by atoms with Gasteiger partial charge in [-0.3, -0.25) is 14.5 Å². The number of carbonyl (C=O) groups is 2. The molecule has 0 atom stereocenters. The highest BCUT2D eigenvalue weighted by Crippen LogP contribution is 2.17. The van der Waals surface area contributed by atoms with Gasteiger partial charge >= 0.3 is 0 Å². The molecule has 0 heterocycles. The van der Waals surface area contributed by atoms with Gasteiger partial charge in [0.1, 0.15) is 5.75 Å². The zero-order valence-corrected chi connectivity index (χ0v) is 17.3. The summed E-state index contributed by atoms with van der Waals surface area (Å²) < 4.78 is 5.13. The highest BCUT2D eigenvalue weighted by molar-refractivity contribution is 7.99. The summed E-state index contributed by atoms with van der Waals surface area (Å²) in [6, 6.07) is 15.5. The predicted molar refractivity (Wildman–Crippen MR) is 114 cm³/mol. The highest BCUT2D eigenvalue weighted by Gasteiger charge is 2.11. The summed E-state index contributed by atoms with van der Waals surface area (Å²) in [6.45, 7) is 2.94. The van der Waals surface area contributed by atoms with Gasteiger partial charge in [-0.25, -0.2) is 0 Å². The average molecular weight is 402 g/mol. The Kier molecular flexibility index (Phi) is 8.84. The first-order valence-corrected chi connectivity index (χ1v) is 10.0. The number of amides is 2. The van der Waals surface area contributed by atoms with Crippen LogP contribution in [-0.2, 0) is 9.59 Å². The standard InChI is InChI=1S/C21H27N3O3S/c1-16-7-9-19(10-8-16)28-12-11-22-20(25)14-24(2)15-21(26)23-17-5-4-6-18(13-17)27-3/h4-10,13H,11-12,14-15H2,1-3H3,(H,22,25)(H,23,26). The molecule has 0 unspecified atom stereocenters. The summed E-state index contributed by atoms with van der Waals surface area (Å²) in [5.41, 5.74) is 1.89. The van der Waals surface area contributed by atoms with Crippen LogP contribution in [0.4, 0.5) is 5.69 Å². The molecular formula is C21H27N3O3S. The molecule has 7 heteroatoms. The molecule has 0 fully saturated rings. The lowest BCUT2D eigenvalue weighted by Crippen LogP contribution is -2.39. The van der Waals surface area contributed by atoms with Gasteiger partial charge in [0.05, 0.1) is 20.2 Å². The molecule has 0 aliphatic heterocycles. The number of hydrogen-bond acceptors (Lipinski definition) is 5. The minimum absolute atomic E-state index is 0.0961. The maximum Gasteiger partial charge on any atom is 0.238 e. The van der Waals surface area contributed by atoms with Gasteiger partial charge in [-0.05, 0) is 38.2 Å². The zero-order chi connectivity index (χ0) is 20.4. The highest BCUT2D eigenvalue weighted by atomic mass is 32.2. The average Bonchev–Trinajstić information content (AvgIpc) is 2.66. The fourth-order valence-corrected chi connectivity index (χ4v) is 3.27. The van der Waals surface area contributed by atoms with E-state index in [0.29, 0.717) is 18.0 Å². The van der Waals surface area contributed by atoms with Gasteiger partial charge < -0.3 is 15.4 Å². The lowest BCUT2D eigenvalue weighted by atomic mass is 10.2. The van der Waals surface area contributed by atoms with E-state index in [0.717, 1.165) is 5.75 Å². The molecular weight excluding hydrogens is 374 g/mol. The summed E-state index contributed by atoms with van der Waals surface area (Å²) in [5.74, 6) is 1.20. The SMILES string of the molecule is COc1cccc(NC(=O)CN(C)CC(=O)NCCSc2ccc(C)cc2)c1. The van der Waals surface area contributed by atoms with Gasteiger partial charge in [0.15, 0.2) is 0 Å². The monoisotopic (exact) mass is 401 g/mol. The Hall–Kier alpha value is -2.51. The summed E-state index contributed by atoms with van der Waals surface area (Å²) in [4.78, 5) is 27.0. The van der Waals surface area contributed by atoms with Crippen LogP contribution in [0.5, 0.6) is 5.75 Å². The third kappa shape index (κ3) is 8.02. The van der Waals surface area contributed by atoms with Crippen molar-refractivity contribution in [3.63, 3.8) is 0 Å². The van der Waals surface area contributed by atoms with Gasteiger partial charge in [0, 0.05) is 28.9 Å². The van der Waals surface area contributed by atoms with Crippen LogP contribution in [0.2, 0.25) is 0 Å². The quantitative estimate of drug-likeness (QED) is 0.473. The van der Waals surface area contributed by atoms with E-state index in [4.69, 9.17) is 4.74 Å². The molecule has 0 radical (unpaired) electrons. The van der Waals surface area contributed by atoms with Crippen LogP contribution in [0.3, 0.4) is 0 Å². The molecule has 2 rings (SSSR count). The van der Waals surface area contributed by atoms with E-state index in [-0.39, 0.29) is 24.9 Å². The first-order chi connectivity index (χ1) is 13.5. The minimum Gasteiger partial charge on any atom is -0.497 e. The molecule has 0 bridgehead atoms. The van der Waals surface area contributed by atoms with Crippen molar-refractivity contribution in [1.29, 1.82) is 0 Å². The number of methoxy groups -OCH3 is 1. The van der Waals surface area contributed by atoms with E-state index in [2.05, 4.69) is 41.8 Å². The predicted octanol–water partition coefficient (Wildman–Crippen LogP) is 2.78. The topological polar surface area (TPSA) is 70.7 Å². The van der Waals surface area contributed by atoms with Gasteiger partial charge in [-0.2, -0.15) is 0 Å². The second-order valence-electron chi connectivity index (χ2n) is 6.46. The van der Waals surface area contributed by atoms with Crippen molar-refractivity contribution in [2.24, 2.45) is 0 Å². The van der Waals surface area contributed by atoms with Crippen LogP contribution in [0, 0.1) is 6.92 Å². The number of nitrogens with one attached hydrogen (secondary N) is 2. The van der Waals surface area contributed by atoms with Crippen molar-refractivity contribution in [3.05, 3.63) is 54.1 Å². The number of anilines is 1. The van der Waals surface area contributed by atoms with Gasteiger partial charge in [0.25, 0.3) is 0 Å². The molecule has 6 nitrogen and oxygen atoms in total. The Morgan fingerprint density at radius 3 is 2.50 bits per heavy atom. The Morgan fingerprint density at radius 2 is 1.79 bits per heavy atom. The summed E-state index contributed by atoms with van der Waals surface area (Å²) in [7, 11) is 3.32. The first-order valence-electron chi connectivity index (χ1n) is 9.05. The third-order valence-electron chi connectivity index (χ3n) is 3.89. The van der Waals surface area contributed by atoms with E-state index >= 15 is 0 Å². The van der Waals surface area contributed by atoms with E-state index in [1.807, 2.05) is 6.07 Å². The maximum atomic E-state index is 12.1. The summed E-state index contributed by atoms with van der Waals surface area (Å²) >= 11 is 1.70. The second-order valence-corrected chi connectivity index (χ2v) is 7.63. The number of ether oxygens (including phenoxy) is 1. The smallest absolute Gasteiger partial charge is 0.238 e. The molecule has 2 aromatic carbocycles. The van der Waals surface area contributed by atoms with Crippen molar-refractivity contribution < 1.29 is 14.3 Å². The van der Waals surface area contributed by atoms with Gasteiger partial charge in [-0.1, -0.05) is 23.8 Å². The van der Waals surface area contributed by atoms with Crippen LogP contribution in [0.1, 0.15) is 5.56 Å². The first kappa shape index (κ1) is 21.8. The molecule has 0 saturated heterocycles. The number of rotatable bonds is 10. The van der Waals surface area contributed by atoms with Crippen LogP contribution >= 0.6 is 11.8 Å². The molecule has 0 aliphatic carbocycles. The molecule has 150 valence electrons. The Labute approximate surface area is 170 Å². The van der Waals surface area contributed by atoms with Crippen LogP contribution < -0.4 is 15.4 Å². The number of hydrogen-bond donors (Lipinski definition) is 2. The summed E-state index contributed by atoms with van der Waals surface area (Å²) in [6.07, 6.45) is 0. The van der Waals surface area contributed by atoms with Crippen LogP contribution in [0.25, 0.3) is 0 Å². The fourth-order valence-electron chi connectivity index (χ4n) is 2.50. The molecule has 2 amide bonds. The lowest BCUT2D eigenvalue weighted by molar-refractivity contribution is -0.122. The van der Waals surface area contributed by atoms with Crippen molar-refractivity contribution >= 4 is 29.3 Å². The molecule has 0 aliphatic rings. The van der Waals surface area contributed by atoms with E-state index < -0.39 is 0 Å². The van der Waals surface area contributed by atoms with E-state index in [1.165, 1.54) is 10.5 Å². The minimum atomic E-state index is -0.182. The third-order valence-corrected chi connectivity index (χ3v) is 4.91. The number of benzene rings is 2. The largest absolute Gasteiger partial charge is 0.497 e. The number of likely N-dealkylation sites (N-methyl/N-ethyl adjacent to an activating group) is 1. The Bertz CT molecular complexity index is 781. The normalized spacial score (nSPS) is 10.6. The Balaban J connectivity index is 1.64. The molecule has 0 saturated carbocycles. The van der Waals surface area contributed by atoms with Crippen LogP contribution in [-0.4, -0.2) is 56.3 Å². The maximum absolute atomic E-state index is 12.1. The summed E-state index contributed by atoms with van der Waals surface area (Å²) in [5, 5.41) is 5.68. The number of aryl methyl sites for hydroxylation is 1. The number of carbonyl (C=O) groups excluding carboxylic acids is 2. The van der Waals surface area contributed by atoms with Crippen molar-refractivity contribution in [3.8, 4) is 5.75 Å². The second kappa shape index (κ2) is 11.4. The van der Waals surface area contributed by atoms with Gasteiger partial charge in [0.2, 0.25) is 11.8 Å². The van der Waals surface area contributed by atoms with Crippen molar-refractivity contribution in [1.82, 2.24) is 10.2 Å². The molecule has 28 heavy (non-hydrogen) atoms. The number of thioether (sulfide) groups is 1. The van der Waals surface area contributed by atoms with Crippen molar-refractivity contribution in [2.75, 3.05) is 44.9 Å². The fraction of sp³-hybridized carbons (Fsp3) is 0.333. The molecule has 0 spiro atoms. The number of nitrogens with zero attached hydrogens (tertiary/aromatic N) is 1. The zero-order valence-electron chi connectivity index (χ0n) is 16.5. The van der Waals surface area contributed by atoms with E-state index in [1.54, 1.807) is 49.0 Å². The molecule has 2 N–H and O–H groups in total. The van der Waals surface area contributed by atoms with Gasteiger partial charge in [-0.15, -0.1) is 11.8 Å². The lowest BCUT2D eigenvalue weighted by Gasteiger charge is -2.16. The Morgan fingerprint density at radius 1 is 1.07 bits per heavy atom.